The lowest BCUT2D eigenvalue weighted by atomic mass is 9.99. The van der Waals surface area contributed by atoms with Crippen LogP contribution in [0.15, 0.2) is 83.8 Å². The number of urea groups is 1. The number of hydrogen-bond acceptors (Lipinski definition) is 4. The number of para-hydroxylation sites is 1. The van der Waals surface area contributed by atoms with E-state index in [2.05, 4.69) is 5.32 Å². The molecule has 36 heavy (non-hydrogen) atoms. The zero-order valence-electron chi connectivity index (χ0n) is 19.3. The van der Waals surface area contributed by atoms with E-state index in [0.717, 1.165) is 39.7 Å². The minimum Gasteiger partial charge on any atom is -0.355 e. The third-order valence-electron chi connectivity index (χ3n) is 6.62. The van der Waals surface area contributed by atoms with Crippen LogP contribution in [0, 0.1) is 5.82 Å². The zero-order valence-corrected chi connectivity index (χ0v) is 20.1. The summed E-state index contributed by atoms with van der Waals surface area (Å²) in [4.78, 5) is 14.3. The van der Waals surface area contributed by atoms with Crippen molar-refractivity contribution in [2.24, 2.45) is 0 Å². The van der Waals surface area contributed by atoms with Crippen molar-refractivity contribution in [1.82, 2.24) is 9.21 Å². The fourth-order valence-electron chi connectivity index (χ4n) is 4.79. The molecule has 2 aliphatic rings. The number of amides is 2. The fraction of sp³-hybridized carbons (Fsp3) is 0.269. The van der Waals surface area contributed by atoms with Crippen molar-refractivity contribution in [3.05, 3.63) is 84.7 Å². The highest BCUT2D eigenvalue weighted by molar-refractivity contribution is 7.89. The SMILES string of the molecule is O=C(Nc1ccccc1-c1ccccc1)N1CCC2(OCCN2S(=O)(=O)c2ccc(F)cc2)C(F)C1. The molecule has 0 bridgehead atoms. The van der Waals surface area contributed by atoms with Crippen LogP contribution < -0.4 is 5.32 Å². The molecule has 2 saturated heterocycles. The number of benzene rings is 3. The Morgan fingerprint density at radius 1 is 0.972 bits per heavy atom. The van der Waals surface area contributed by atoms with Crippen LogP contribution >= 0.6 is 0 Å². The van der Waals surface area contributed by atoms with Gasteiger partial charge in [0.25, 0.3) is 0 Å². The number of nitrogens with one attached hydrogen (secondary N) is 1. The van der Waals surface area contributed by atoms with E-state index in [4.69, 9.17) is 4.74 Å². The average Bonchev–Trinajstić information content (AvgIpc) is 3.32. The molecule has 2 amide bonds. The standard InChI is InChI=1S/C26H25F2N3O4S/c27-20-10-12-21(13-11-20)36(33,34)31-16-17-35-26(31)14-15-30(18-24(26)28)25(32)29-23-9-5-4-8-22(23)19-6-2-1-3-7-19/h1-13,24H,14-18H2,(H,29,32). The molecule has 2 unspecified atom stereocenters. The van der Waals surface area contributed by atoms with E-state index < -0.39 is 33.8 Å². The maximum Gasteiger partial charge on any atom is 0.321 e. The van der Waals surface area contributed by atoms with E-state index in [9.17, 15) is 17.6 Å². The van der Waals surface area contributed by atoms with Gasteiger partial charge in [0.2, 0.25) is 10.0 Å². The molecule has 5 rings (SSSR count). The number of likely N-dealkylation sites (tertiary alicyclic amines) is 1. The van der Waals surface area contributed by atoms with Crippen LogP contribution in [0.4, 0.5) is 19.3 Å². The van der Waals surface area contributed by atoms with E-state index in [1.165, 1.54) is 4.90 Å². The molecule has 0 radical (unpaired) electrons. The summed E-state index contributed by atoms with van der Waals surface area (Å²) in [7, 11) is -4.14. The van der Waals surface area contributed by atoms with Crippen LogP contribution in [0.2, 0.25) is 0 Å². The summed E-state index contributed by atoms with van der Waals surface area (Å²) >= 11 is 0. The lowest BCUT2D eigenvalue weighted by Gasteiger charge is -2.44. The summed E-state index contributed by atoms with van der Waals surface area (Å²) in [5, 5.41) is 2.86. The Bertz CT molecular complexity index is 1360. The largest absolute Gasteiger partial charge is 0.355 e. The second-order valence-corrected chi connectivity index (χ2v) is 10.6. The van der Waals surface area contributed by atoms with Crippen LogP contribution in [0.25, 0.3) is 11.1 Å². The number of piperidine rings is 1. The van der Waals surface area contributed by atoms with E-state index in [1.807, 2.05) is 42.5 Å². The number of hydrogen-bond donors (Lipinski definition) is 1. The molecule has 2 aliphatic heterocycles. The molecule has 0 aromatic heterocycles. The molecule has 188 valence electrons. The van der Waals surface area contributed by atoms with Crippen LogP contribution in [-0.2, 0) is 14.8 Å². The molecule has 3 aromatic carbocycles. The minimum absolute atomic E-state index is 0.0253. The van der Waals surface area contributed by atoms with Crippen molar-refractivity contribution >= 4 is 21.7 Å². The van der Waals surface area contributed by atoms with E-state index >= 15 is 4.39 Å². The summed E-state index contributed by atoms with van der Waals surface area (Å²) in [6, 6.07) is 20.8. The Labute approximate surface area is 208 Å². The first-order valence-electron chi connectivity index (χ1n) is 11.6. The van der Waals surface area contributed by atoms with Crippen LogP contribution in [0.1, 0.15) is 6.42 Å². The molecule has 1 N–H and O–H groups in total. The molecular weight excluding hydrogens is 488 g/mol. The van der Waals surface area contributed by atoms with E-state index in [1.54, 1.807) is 12.1 Å². The van der Waals surface area contributed by atoms with Crippen molar-refractivity contribution in [3.8, 4) is 11.1 Å². The lowest BCUT2D eigenvalue weighted by Crippen LogP contribution is -2.63. The molecule has 0 saturated carbocycles. The number of carbonyl (C=O) groups excluding carboxylic acids is 1. The topological polar surface area (TPSA) is 79.0 Å². The van der Waals surface area contributed by atoms with Gasteiger partial charge in [-0.05, 0) is 35.9 Å². The predicted molar refractivity (Wildman–Crippen MR) is 131 cm³/mol. The van der Waals surface area contributed by atoms with Gasteiger partial charge >= 0.3 is 6.03 Å². The number of sulfonamides is 1. The van der Waals surface area contributed by atoms with Crippen LogP contribution in [0.5, 0.6) is 0 Å². The van der Waals surface area contributed by atoms with Gasteiger partial charge in [-0.15, -0.1) is 0 Å². The molecular formula is C26H25F2N3O4S. The average molecular weight is 514 g/mol. The number of carbonyl (C=O) groups is 1. The number of alkyl halides is 1. The minimum atomic E-state index is -4.14. The van der Waals surface area contributed by atoms with Crippen molar-refractivity contribution in [3.63, 3.8) is 0 Å². The van der Waals surface area contributed by atoms with Crippen molar-refractivity contribution in [2.45, 2.75) is 23.2 Å². The van der Waals surface area contributed by atoms with E-state index in [-0.39, 0.29) is 37.6 Å². The monoisotopic (exact) mass is 513 g/mol. The number of rotatable bonds is 4. The molecule has 7 nitrogen and oxygen atoms in total. The number of halogens is 2. The van der Waals surface area contributed by atoms with Gasteiger partial charge in [-0.3, -0.25) is 0 Å². The smallest absolute Gasteiger partial charge is 0.321 e. The Hall–Kier alpha value is -3.34. The summed E-state index contributed by atoms with van der Waals surface area (Å²) < 4.78 is 62.2. The van der Waals surface area contributed by atoms with Gasteiger partial charge in [-0.1, -0.05) is 48.5 Å². The Morgan fingerprint density at radius 2 is 1.67 bits per heavy atom. The molecule has 0 aliphatic carbocycles. The summed E-state index contributed by atoms with van der Waals surface area (Å²) in [5.41, 5.74) is 0.621. The molecule has 2 heterocycles. The molecule has 2 atom stereocenters. The lowest BCUT2D eigenvalue weighted by molar-refractivity contribution is -0.134. The molecule has 2 fully saturated rings. The third-order valence-corrected chi connectivity index (χ3v) is 8.56. The Kier molecular flexibility index (Phi) is 6.50. The first-order chi connectivity index (χ1) is 17.3. The van der Waals surface area contributed by atoms with Crippen molar-refractivity contribution < 1.29 is 26.7 Å². The quantitative estimate of drug-likeness (QED) is 0.558. The maximum absolute atomic E-state index is 15.7. The zero-order chi connectivity index (χ0) is 25.3. The second-order valence-electron chi connectivity index (χ2n) is 8.73. The first-order valence-corrected chi connectivity index (χ1v) is 13.0. The normalized spacial score (nSPS) is 22.6. The molecule has 1 spiro atoms. The predicted octanol–water partition coefficient (Wildman–Crippen LogP) is 4.49. The maximum atomic E-state index is 15.7. The van der Waals surface area contributed by atoms with Gasteiger partial charge in [0.05, 0.1) is 23.7 Å². The van der Waals surface area contributed by atoms with Crippen molar-refractivity contribution in [2.75, 3.05) is 31.6 Å². The number of anilines is 1. The van der Waals surface area contributed by atoms with Gasteiger partial charge in [-0.2, -0.15) is 4.31 Å². The fourth-order valence-corrected chi connectivity index (χ4v) is 6.50. The van der Waals surface area contributed by atoms with Gasteiger partial charge < -0.3 is 15.0 Å². The Balaban J connectivity index is 1.33. The molecule has 10 heteroatoms. The highest BCUT2D eigenvalue weighted by Crippen LogP contribution is 2.40. The van der Waals surface area contributed by atoms with Gasteiger partial charge in [-0.25, -0.2) is 22.0 Å². The third kappa shape index (κ3) is 4.36. The Morgan fingerprint density at radius 3 is 2.39 bits per heavy atom. The highest BCUT2D eigenvalue weighted by atomic mass is 32.2. The van der Waals surface area contributed by atoms with E-state index in [0.29, 0.717) is 5.69 Å². The number of nitrogens with zero attached hydrogens (tertiary/aromatic N) is 2. The molecule has 3 aromatic rings. The summed E-state index contributed by atoms with van der Waals surface area (Å²) in [6.45, 7) is -0.252. The summed E-state index contributed by atoms with van der Waals surface area (Å²) in [6.07, 6.45) is -1.82. The first kappa shape index (κ1) is 24.4. The van der Waals surface area contributed by atoms with Crippen molar-refractivity contribution in [1.29, 1.82) is 0 Å². The van der Waals surface area contributed by atoms with Gasteiger partial charge in [0.1, 0.15) is 5.82 Å². The summed E-state index contributed by atoms with van der Waals surface area (Å²) in [5.74, 6) is -0.571. The van der Waals surface area contributed by atoms with Gasteiger partial charge in [0.15, 0.2) is 11.9 Å². The van der Waals surface area contributed by atoms with Gasteiger partial charge in [0, 0.05) is 25.1 Å². The van der Waals surface area contributed by atoms with Crippen LogP contribution in [-0.4, -0.2) is 61.8 Å². The number of ether oxygens (including phenoxy) is 1. The highest BCUT2D eigenvalue weighted by Gasteiger charge is 2.57. The van der Waals surface area contributed by atoms with Crippen LogP contribution in [0.3, 0.4) is 0 Å². The second kappa shape index (κ2) is 9.61.